The summed E-state index contributed by atoms with van der Waals surface area (Å²) in [5.41, 5.74) is 6.80. The summed E-state index contributed by atoms with van der Waals surface area (Å²) in [7, 11) is 0. The van der Waals surface area contributed by atoms with Gasteiger partial charge in [-0.1, -0.05) is 6.92 Å². The molecule has 0 spiro atoms. The van der Waals surface area contributed by atoms with E-state index in [4.69, 9.17) is 0 Å². The average Bonchev–Trinajstić information content (AvgIpc) is 3.61. The lowest BCUT2D eigenvalue weighted by molar-refractivity contribution is -0.115. The normalized spacial score (nSPS) is 11.4. The second-order valence-electron chi connectivity index (χ2n) is 8.30. The molecule has 6 heterocycles. The molecule has 0 aliphatic rings. The molecule has 0 bridgehead atoms. The molecular weight excluding hydrogens is 458 g/mol. The predicted molar refractivity (Wildman–Crippen MR) is 139 cm³/mol. The lowest BCUT2D eigenvalue weighted by atomic mass is 10.1. The highest BCUT2D eigenvalue weighted by Gasteiger charge is 2.16. The van der Waals surface area contributed by atoms with Crippen LogP contribution in [0.2, 0.25) is 0 Å². The molecule has 0 saturated heterocycles. The van der Waals surface area contributed by atoms with E-state index in [1.807, 2.05) is 31.5 Å². The molecule has 6 rings (SSSR count). The van der Waals surface area contributed by atoms with E-state index in [2.05, 4.69) is 60.6 Å². The monoisotopic (exact) mass is 479 g/mol. The van der Waals surface area contributed by atoms with Gasteiger partial charge in [0.25, 0.3) is 0 Å². The van der Waals surface area contributed by atoms with E-state index in [9.17, 15) is 4.79 Å². The molecule has 0 fully saturated rings. The molecule has 0 aliphatic heterocycles. The minimum Gasteiger partial charge on any atom is -0.352 e. The van der Waals surface area contributed by atoms with Gasteiger partial charge in [-0.3, -0.25) is 19.9 Å². The van der Waals surface area contributed by atoms with Gasteiger partial charge in [-0.15, -0.1) is 11.3 Å². The molecule has 0 atom stereocenters. The van der Waals surface area contributed by atoms with E-state index >= 15 is 0 Å². The van der Waals surface area contributed by atoms with E-state index in [1.54, 1.807) is 29.9 Å². The van der Waals surface area contributed by atoms with E-state index in [1.165, 1.54) is 9.75 Å². The van der Waals surface area contributed by atoms with E-state index in [0.717, 1.165) is 44.4 Å². The number of aromatic amines is 2. The first-order valence-electron chi connectivity index (χ1n) is 11.2. The van der Waals surface area contributed by atoms with Crippen molar-refractivity contribution >= 4 is 44.9 Å². The van der Waals surface area contributed by atoms with Gasteiger partial charge in [0.15, 0.2) is 5.65 Å². The van der Waals surface area contributed by atoms with Crippen LogP contribution in [0.25, 0.3) is 54.9 Å². The van der Waals surface area contributed by atoms with E-state index in [0.29, 0.717) is 17.8 Å². The zero-order valence-corrected chi connectivity index (χ0v) is 19.9. The van der Waals surface area contributed by atoms with E-state index < -0.39 is 0 Å². The van der Waals surface area contributed by atoms with Gasteiger partial charge in [-0.25, -0.2) is 4.98 Å². The molecule has 0 saturated carbocycles. The number of aryl methyl sites for hydroxylation is 1. The third-order valence-corrected chi connectivity index (χ3v) is 6.93. The van der Waals surface area contributed by atoms with Crippen LogP contribution in [-0.4, -0.2) is 36.0 Å². The summed E-state index contributed by atoms with van der Waals surface area (Å²) < 4.78 is 0. The summed E-state index contributed by atoms with van der Waals surface area (Å²) in [5.74, 6) is -0.0555. The molecule has 9 heteroatoms. The van der Waals surface area contributed by atoms with Crippen LogP contribution < -0.4 is 5.32 Å². The molecule has 1 amide bonds. The van der Waals surface area contributed by atoms with Crippen LogP contribution >= 0.6 is 11.3 Å². The topological polar surface area (TPSA) is 112 Å². The smallest absolute Gasteiger partial charge is 0.224 e. The first-order chi connectivity index (χ1) is 17.1. The molecule has 6 aromatic heterocycles. The number of anilines is 1. The van der Waals surface area contributed by atoms with Crippen molar-refractivity contribution < 1.29 is 4.79 Å². The van der Waals surface area contributed by atoms with Crippen molar-refractivity contribution in [1.29, 1.82) is 0 Å². The Labute approximate surface area is 204 Å². The Morgan fingerprint density at radius 1 is 1.00 bits per heavy atom. The first kappa shape index (κ1) is 21.2. The van der Waals surface area contributed by atoms with Crippen molar-refractivity contribution in [1.82, 2.24) is 30.1 Å². The number of hydrogen-bond donors (Lipinski definition) is 3. The Hall–Kier alpha value is -4.37. The molecular formula is C26H21N7OS. The van der Waals surface area contributed by atoms with Gasteiger partial charge in [0.2, 0.25) is 5.91 Å². The van der Waals surface area contributed by atoms with Gasteiger partial charge in [0.1, 0.15) is 5.69 Å². The minimum absolute atomic E-state index is 0.0555. The Balaban J connectivity index is 1.43. The van der Waals surface area contributed by atoms with Crippen molar-refractivity contribution in [3.05, 3.63) is 66.2 Å². The number of hydrogen-bond acceptors (Lipinski definition) is 6. The molecule has 0 aliphatic carbocycles. The van der Waals surface area contributed by atoms with Crippen LogP contribution in [0, 0.1) is 6.92 Å². The minimum atomic E-state index is -0.0555. The molecule has 0 radical (unpaired) electrons. The second kappa shape index (κ2) is 8.44. The lowest BCUT2D eigenvalue weighted by Gasteiger charge is -2.06. The predicted octanol–water partition coefficient (Wildman–Crippen LogP) is 5.95. The lowest BCUT2D eigenvalue weighted by Crippen LogP contribution is -2.09. The Morgan fingerprint density at radius 2 is 1.86 bits per heavy atom. The number of thiophene rings is 1. The van der Waals surface area contributed by atoms with Crippen LogP contribution in [0.15, 0.2) is 61.3 Å². The zero-order chi connectivity index (χ0) is 23.9. The number of aromatic nitrogens is 6. The van der Waals surface area contributed by atoms with Gasteiger partial charge in [0.05, 0.1) is 29.3 Å². The van der Waals surface area contributed by atoms with Crippen LogP contribution in [0.4, 0.5) is 5.69 Å². The number of carbonyl (C=O) groups excluding carboxylic acids is 1. The number of fused-ring (bicyclic) bond motifs is 2. The summed E-state index contributed by atoms with van der Waals surface area (Å²) in [6, 6.07) is 10.3. The highest BCUT2D eigenvalue weighted by Crippen LogP contribution is 2.36. The van der Waals surface area contributed by atoms with Gasteiger partial charge < -0.3 is 10.3 Å². The summed E-state index contributed by atoms with van der Waals surface area (Å²) in [6.45, 7) is 3.92. The quantitative estimate of drug-likeness (QED) is 0.283. The number of rotatable bonds is 5. The largest absolute Gasteiger partial charge is 0.352 e. The number of H-pyrrole nitrogens is 2. The summed E-state index contributed by atoms with van der Waals surface area (Å²) in [4.78, 5) is 31.0. The van der Waals surface area contributed by atoms with Gasteiger partial charge in [-0.05, 0) is 37.3 Å². The number of carbonyl (C=O) groups is 1. The standard InChI is InChI=1S/C26H21N7OS/c1-3-24(34)30-17-6-15(9-27-11-17)16-7-19-25(32-33-26(19)29-10-16)21-8-18-20(12-28-13-22(18)31-21)23-5-4-14(2)35-23/h4-13,31H,3H2,1-2H3,(H,30,34)(H,29,32,33). The fraction of sp³-hybridized carbons (Fsp3) is 0.115. The molecule has 172 valence electrons. The Morgan fingerprint density at radius 3 is 2.69 bits per heavy atom. The SMILES string of the molecule is CCC(=O)Nc1cncc(-c2cnc3[nH]nc(-c4cc5c(-c6ccc(C)s6)cncc5[nH]4)c3c2)c1. The maximum Gasteiger partial charge on any atom is 0.224 e. The van der Waals surface area contributed by atoms with Crippen molar-refractivity contribution in [3.63, 3.8) is 0 Å². The van der Waals surface area contributed by atoms with Crippen molar-refractivity contribution in [2.24, 2.45) is 0 Å². The van der Waals surface area contributed by atoms with Crippen molar-refractivity contribution in [2.45, 2.75) is 20.3 Å². The number of amides is 1. The molecule has 0 unspecified atom stereocenters. The fourth-order valence-electron chi connectivity index (χ4n) is 4.14. The Kier molecular flexibility index (Phi) is 5.11. The average molecular weight is 480 g/mol. The first-order valence-corrected chi connectivity index (χ1v) is 12.0. The van der Waals surface area contributed by atoms with Crippen LogP contribution in [-0.2, 0) is 4.79 Å². The number of pyridine rings is 3. The van der Waals surface area contributed by atoms with E-state index in [-0.39, 0.29) is 5.91 Å². The fourth-order valence-corrected chi connectivity index (χ4v) is 5.03. The molecule has 3 N–H and O–H groups in total. The van der Waals surface area contributed by atoms with Gasteiger partial charge in [-0.2, -0.15) is 5.10 Å². The zero-order valence-electron chi connectivity index (χ0n) is 19.1. The Bertz CT molecular complexity index is 1710. The molecule has 35 heavy (non-hydrogen) atoms. The third-order valence-electron chi connectivity index (χ3n) is 5.90. The van der Waals surface area contributed by atoms with Gasteiger partial charge in [0, 0.05) is 62.2 Å². The highest BCUT2D eigenvalue weighted by atomic mass is 32.1. The van der Waals surface area contributed by atoms with Crippen molar-refractivity contribution in [2.75, 3.05) is 5.32 Å². The number of nitrogens with one attached hydrogen (secondary N) is 3. The van der Waals surface area contributed by atoms with Crippen molar-refractivity contribution in [3.8, 4) is 33.0 Å². The molecule has 0 aromatic carbocycles. The highest BCUT2D eigenvalue weighted by molar-refractivity contribution is 7.15. The van der Waals surface area contributed by atoms with Crippen LogP contribution in [0.5, 0.6) is 0 Å². The summed E-state index contributed by atoms with van der Waals surface area (Å²) >= 11 is 1.75. The second-order valence-corrected chi connectivity index (χ2v) is 9.59. The van der Waals surface area contributed by atoms with Crippen LogP contribution in [0.3, 0.4) is 0 Å². The maximum absolute atomic E-state index is 11.8. The summed E-state index contributed by atoms with van der Waals surface area (Å²) in [6.07, 6.45) is 9.32. The molecule has 6 aromatic rings. The third kappa shape index (κ3) is 3.85. The maximum atomic E-state index is 11.8. The summed E-state index contributed by atoms with van der Waals surface area (Å²) in [5, 5.41) is 12.4. The molecule has 8 nitrogen and oxygen atoms in total. The van der Waals surface area contributed by atoms with Crippen LogP contribution in [0.1, 0.15) is 18.2 Å². The van der Waals surface area contributed by atoms with Gasteiger partial charge >= 0.3 is 0 Å². The number of nitrogens with zero attached hydrogens (tertiary/aromatic N) is 4.